The maximum atomic E-state index is 13.0. The first-order valence-electron chi connectivity index (χ1n) is 8.73. The van der Waals surface area contributed by atoms with E-state index in [-0.39, 0.29) is 24.8 Å². The highest BCUT2D eigenvalue weighted by molar-refractivity contribution is 6.36. The first-order chi connectivity index (χ1) is 13.5. The molecule has 28 heavy (non-hydrogen) atoms. The number of rotatable bonds is 7. The number of carbonyl (C=O) groups excluding carboxylic acids is 2. The third-order valence-corrected chi connectivity index (χ3v) is 4.76. The molecule has 0 aromatic heterocycles. The molecule has 0 unspecified atom stereocenters. The first-order valence-corrected chi connectivity index (χ1v) is 9.11. The van der Waals surface area contributed by atoms with Crippen LogP contribution in [0.5, 0.6) is 5.75 Å². The number of nitrogens with zero attached hydrogens (tertiary/aromatic N) is 1. The number of aryl methyl sites for hydroxylation is 1. The van der Waals surface area contributed by atoms with E-state index < -0.39 is 5.91 Å². The molecule has 3 rings (SSSR count). The van der Waals surface area contributed by atoms with Crippen LogP contribution in [0.15, 0.2) is 48.2 Å². The van der Waals surface area contributed by atoms with Crippen molar-refractivity contribution in [1.29, 1.82) is 0 Å². The predicted octanol–water partition coefficient (Wildman–Crippen LogP) is 3.50. The average molecular weight is 401 g/mol. The van der Waals surface area contributed by atoms with Crippen LogP contribution in [0, 0.1) is 6.92 Å². The zero-order chi connectivity index (χ0) is 20.3. The zero-order valence-corrected chi connectivity index (χ0v) is 16.7. The number of hydrogen-bond donors (Lipinski definition) is 1. The highest BCUT2D eigenvalue weighted by atomic mass is 35.5. The van der Waals surface area contributed by atoms with E-state index in [2.05, 4.69) is 5.32 Å². The lowest BCUT2D eigenvalue weighted by Crippen LogP contribution is -2.35. The summed E-state index contributed by atoms with van der Waals surface area (Å²) < 4.78 is 10.2. The van der Waals surface area contributed by atoms with Crippen molar-refractivity contribution in [2.24, 2.45) is 0 Å². The number of anilines is 1. The molecule has 0 spiro atoms. The van der Waals surface area contributed by atoms with Crippen LogP contribution in [0.4, 0.5) is 5.69 Å². The van der Waals surface area contributed by atoms with Crippen molar-refractivity contribution in [3.8, 4) is 5.75 Å². The van der Waals surface area contributed by atoms with Crippen molar-refractivity contribution in [2.45, 2.75) is 6.92 Å². The van der Waals surface area contributed by atoms with Gasteiger partial charge in [-0.25, -0.2) is 0 Å². The van der Waals surface area contributed by atoms with Crippen LogP contribution in [0.25, 0.3) is 5.57 Å². The second-order valence-electron chi connectivity index (χ2n) is 6.32. The van der Waals surface area contributed by atoms with E-state index in [9.17, 15) is 9.59 Å². The highest BCUT2D eigenvalue weighted by Crippen LogP contribution is 2.32. The molecule has 0 saturated carbocycles. The molecular weight excluding hydrogens is 380 g/mol. The van der Waals surface area contributed by atoms with Crippen molar-refractivity contribution in [2.75, 3.05) is 32.7 Å². The third kappa shape index (κ3) is 3.88. The van der Waals surface area contributed by atoms with Gasteiger partial charge in [-0.3, -0.25) is 14.5 Å². The first kappa shape index (κ1) is 19.9. The van der Waals surface area contributed by atoms with Gasteiger partial charge in [0.2, 0.25) is 0 Å². The average Bonchev–Trinajstić information content (AvgIpc) is 2.93. The van der Waals surface area contributed by atoms with Crippen LogP contribution in [-0.4, -0.2) is 44.1 Å². The lowest BCUT2D eigenvalue weighted by Gasteiger charge is -2.15. The van der Waals surface area contributed by atoms with E-state index in [4.69, 9.17) is 21.1 Å². The highest BCUT2D eigenvalue weighted by Gasteiger charge is 2.39. The molecule has 0 radical (unpaired) electrons. The number of methoxy groups -OCH3 is 2. The Balaban J connectivity index is 2.06. The van der Waals surface area contributed by atoms with Gasteiger partial charge in [-0.15, -0.1) is 0 Å². The van der Waals surface area contributed by atoms with Crippen LogP contribution in [0.1, 0.15) is 11.1 Å². The molecule has 0 atom stereocenters. The van der Waals surface area contributed by atoms with Crippen LogP contribution in [0.2, 0.25) is 5.02 Å². The van der Waals surface area contributed by atoms with Gasteiger partial charge in [-0.1, -0.05) is 29.8 Å². The molecule has 0 fully saturated rings. The van der Waals surface area contributed by atoms with Gasteiger partial charge in [-0.2, -0.15) is 0 Å². The maximum Gasteiger partial charge on any atom is 0.278 e. The maximum absolute atomic E-state index is 13.0. The van der Waals surface area contributed by atoms with E-state index in [0.29, 0.717) is 27.6 Å². The monoisotopic (exact) mass is 400 g/mol. The minimum absolute atomic E-state index is 0.174. The van der Waals surface area contributed by atoms with Crippen molar-refractivity contribution >= 4 is 34.7 Å². The summed E-state index contributed by atoms with van der Waals surface area (Å²) in [4.78, 5) is 27.2. The fraction of sp³-hybridized carbons (Fsp3) is 0.238. The molecule has 7 heteroatoms. The smallest absolute Gasteiger partial charge is 0.278 e. The second-order valence-corrected chi connectivity index (χ2v) is 6.75. The fourth-order valence-electron chi connectivity index (χ4n) is 2.97. The molecule has 2 aromatic rings. The standard InChI is InChI=1S/C21H21ClN2O4/c1-13-4-7-15(22)12-17(13)23-19-18(14-5-8-16(28-3)9-6-14)20(25)24(21(19)26)10-11-27-2/h4-9,12,23H,10-11H2,1-3H3. The number of imide groups is 1. The van der Waals surface area contributed by atoms with Crippen molar-refractivity contribution < 1.29 is 19.1 Å². The summed E-state index contributed by atoms with van der Waals surface area (Å²) in [6, 6.07) is 12.4. The summed E-state index contributed by atoms with van der Waals surface area (Å²) in [6.07, 6.45) is 0. The number of carbonyl (C=O) groups is 2. The number of benzene rings is 2. The van der Waals surface area contributed by atoms with Gasteiger partial charge >= 0.3 is 0 Å². The molecule has 0 saturated heterocycles. The number of nitrogens with one attached hydrogen (secondary N) is 1. The van der Waals surface area contributed by atoms with Crippen molar-refractivity contribution in [3.05, 3.63) is 64.3 Å². The van der Waals surface area contributed by atoms with Crippen LogP contribution < -0.4 is 10.1 Å². The van der Waals surface area contributed by atoms with E-state index in [1.807, 2.05) is 13.0 Å². The fourth-order valence-corrected chi connectivity index (χ4v) is 3.14. The van der Waals surface area contributed by atoms with Crippen LogP contribution in [-0.2, 0) is 14.3 Å². The van der Waals surface area contributed by atoms with Gasteiger partial charge in [0.15, 0.2) is 0 Å². The summed E-state index contributed by atoms with van der Waals surface area (Å²) in [5.74, 6) is -0.0980. The molecule has 1 heterocycles. The van der Waals surface area contributed by atoms with E-state index >= 15 is 0 Å². The number of ether oxygens (including phenoxy) is 2. The van der Waals surface area contributed by atoms with Crippen molar-refractivity contribution in [3.63, 3.8) is 0 Å². The van der Waals surface area contributed by atoms with Gasteiger partial charge in [0.05, 0.1) is 25.8 Å². The molecule has 1 aliphatic rings. The molecule has 0 aliphatic carbocycles. The Morgan fingerprint density at radius 3 is 2.39 bits per heavy atom. The molecule has 1 N–H and O–H groups in total. The van der Waals surface area contributed by atoms with Crippen molar-refractivity contribution in [1.82, 2.24) is 4.90 Å². The molecule has 2 aromatic carbocycles. The minimum Gasteiger partial charge on any atom is -0.497 e. The Hall–Kier alpha value is -2.83. The molecule has 1 aliphatic heterocycles. The summed E-state index contributed by atoms with van der Waals surface area (Å²) in [5.41, 5.74) is 2.73. The van der Waals surface area contributed by atoms with Gasteiger partial charge < -0.3 is 14.8 Å². The Kier molecular flexibility index (Phi) is 6.02. The van der Waals surface area contributed by atoms with Gasteiger partial charge in [0.1, 0.15) is 11.4 Å². The normalized spacial score (nSPS) is 14.1. The Bertz CT molecular complexity index is 938. The topological polar surface area (TPSA) is 67.9 Å². The molecule has 6 nitrogen and oxygen atoms in total. The van der Waals surface area contributed by atoms with Gasteiger partial charge in [-0.05, 0) is 42.3 Å². The summed E-state index contributed by atoms with van der Waals surface area (Å²) in [5, 5.41) is 3.66. The number of halogens is 1. The quantitative estimate of drug-likeness (QED) is 0.720. The van der Waals surface area contributed by atoms with Gasteiger partial charge in [0, 0.05) is 17.8 Å². The van der Waals surface area contributed by atoms with Crippen LogP contribution >= 0.6 is 11.6 Å². The Morgan fingerprint density at radius 1 is 1.04 bits per heavy atom. The Labute approximate surface area is 168 Å². The van der Waals surface area contributed by atoms with Gasteiger partial charge in [0.25, 0.3) is 11.8 Å². The summed E-state index contributed by atoms with van der Waals surface area (Å²) in [7, 11) is 3.09. The third-order valence-electron chi connectivity index (χ3n) is 4.53. The largest absolute Gasteiger partial charge is 0.497 e. The second kappa shape index (κ2) is 8.46. The summed E-state index contributed by atoms with van der Waals surface area (Å²) in [6.45, 7) is 2.33. The van der Waals surface area contributed by atoms with Crippen LogP contribution in [0.3, 0.4) is 0 Å². The molecular formula is C21H21ClN2O4. The number of amides is 2. The minimum atomic E-state index is -0.396. The van der Waals surface area contributed by atoms with E-state index in [1.165, 1.54) is 12.0 Å². The van der Waals surface area contributed by atoms with E-state index in [1.54, 1.807) is 43.5 Å². The zero-order valence-electron chi connectivity index (χ0n) is 15.9. The lowest BCUT2D eigenvalue weighted by molar-refractivity contribution is -0.137. The molecule has 2 amide bonds. The Morgan fingerprint density at radius 2 is 1.75 bits per heavy atom. The number of hydrogen-bond acceptors (Lipinski definition) is 5. The predicted molar refractivity (Wildman–Crippen MR) is 108 cm³/mol. The molecule has 0 bridgehead atoms. The summed E-state index contributed by atoms with van der Waals surface area (Å²) >= 11 is 6.10. The van der Waals surface area contributed by atoms with E-state index in [0.717, 1.165) is 5.56 Å². The SMILES string of the molecule is COCCN1C(=O)C(Nc2cc(Cl)ccc2C)=C(c2ccc(OC)cc2)C1=O. The molecule has 146 valence electrons. The lowest BCUT2D eigenvalue weighted by atomic mass is 10.0.